The average Bonchev–Trinajstić information content (AvgIpc) is 3.11. The summed E-state index contributed by atoms with van der Waals surface area (Å²) in [5.74, 6) is 5.58. The van der Waals surface area contributed by atoms with Gasteiger partial charge in [0.1, 0.15) is 22.3 Å². The van der Waals surface area contributed by atoms with Crippen molar-refractivity contribution in [2.24, 2.45) is 21.9 Å². The van der Waals surface area contributed by atoms with Gasteiger partial charge >= 0.3 is 24.7 Å². The summed E-state index contributed by atoms with van der Waals surface area (Å²) in [5.41, 5.74) is -7.28. The van der Waals surface area contributed by atoms with E-state index in [2.05, 4.69) is 19.7 Å². The Kier molecular flexibility index (Phi) is 8.95. The number of nitrogens with two attached hydrogens (primary N) is 2. The van der Waals surface area contributed by atoms with Crippen LogP contribution in [0.3, 0.4) is 0 Å². The van der Waals surface area contributed by atoms with Crippen molar-refractivity contribution in [3.63, 3.8) is 0 Å². The van der Waals surface area contributed by atoms with E-state index in [-0.39, 0.29) is 56.2 Å². The molecule has 18 heteroatoms. The lowest BCUT2D eigenvalue weighted by atomic mass is 9.64. The second-order valence-corrected chi connectivity index (χ2v) is 12.3. The van der Waals surface area contributed by atoms with E-state index < -0.39 is 71.0 Å². The maximum absolute atomic E-state index is 14.0. The van der Waals surface area contributed by atoms with Crippen LogP contribution in [0.2, 0.25) is 0 Å². The van der Waals surface area contributed by atoms with Crippen molar-refractivity contribution in [2.45, 2.75) is 36.4 Å². The predicted molar refractivity (Wildman–Crippen MR) is 181 cm³/mol. The van der Waals surface area contributed by atoms with E-state index in [9.17, 15) is 46.1 Å². The number of carbonyl (C=O) groups is 2. The molecule has 2 aliphatic rings. The van der Waals surface area contributed by atoms with Crippen LogP contribution < -0.4 is 21.2 Å². The third-order valence-corrected chi connectivity index (χ3v) is 9.46. The minimum absolute atomic E-state index is 0.0246. The van der Waals surface area contributed by atoms with E-state index in [1.54, 1.807) is 0 Å². The SMILES string of the molecule is N=C1C(=NN)CC(C(=O)O)(c2ccc(-c3ccc(C4(C(=O)O)CC(=NN)C(=N)c5ccccc54)c(OC(F)(F)F)c3)cc2OC(F)(F)F)c2ccccc21. The molecule has 0 fully saturated rings. The molecule has 4 aromatic carbocycles. The molecule has 0 bridgehead atoms. The maximum Gasteiger partial charge on any atom is 0.573 e. The van der Waals surface area contributed by atoms with Crippen LogP contribution >= 0.6 is 0 Å². The molecule has 54 heavy (non-hydrogen) atoms. The fourth-order valence-corrected chi connectivity index (χ4v) is 7.17. The highest BCUT2D eigenvalue weighted by molar-refractivity contribution is 6.50. The van der Waals surface area contributed by atoms with E-state index in [4.69, 9.17) is 22.5 Å². The quantitative estimate of drug-likeness (QED) is 0.0738. The summed E-state index contributed by atoms with van der Waals surface area (Å²) in [6.07, 6.45) is -12.1. The lowest BCUT2D eigenvalue weighted by Crippen LogP contribution is -2.46. The van der Waals surface area contributed by atoms with Crippen LogP contribution in [-0.4, -0.2) is 57.7 Å². The molecule has 8 N–H and O–H groups in total. The molecule has 6 rings (SSSR count). The number of benzene rings is 4. The van der Waals surface area contributed by atoms with Gasteiger partial charge in [0.2, 0.25) is 0 Å². The van der Waals surface area contributed by atoms with E-state index in [0.717, 1.165) is 36.4 Å². The molecule has 278 valence electrons. The van der Waals surface area contributed by atoms with E-state index in [1.165, 1.54) is 48.5 Å². The third-order valence-electron chi connectivity index (χ3n) is 9.46. The highest BCUT2D eigenvalue weighted by Crippen LogP contribution is 2.50. The highest BCUT2D eigenvalue weighted by atomic mass is 19.4. The fourth-order valence-electron chi connectivity index (χ4n) is 7.17. The number of nitrogens with one attached hydrogen (secondary N) is 2. The summed E-state index contributed by atoms with van der Waals surface area (Å²) < 4.78 is 92.7. The van der Waals surface area contributed by atoms with Gasteiger partial charge in [-0.15, -0.1) is 26.3 Å². The molecule has 0 aromatic heterocycles. The number of hydrogen-bond donors (Lipinski definition) is 6. The summed E-state index contributed by atoms with van der Waals surface area (Å²) >= 11 is 0. The largest absolute Gasteiger partial charge is 0.573 e. The number of halogens is 6. The van der Waals surface area contributed by atoms with Crippen molar-refractivity contribution in [2.75, 3.05) is 0 Å². The molecule has 4 aromatic rings. The average molecular weight is 753 g/mol. The van der Waals surface area contributed by atoms with E-state index >= 15 is 0 Å². The molecular weight excluding hydrogens is 726 g/mol. The molecule has 2 aliphatic carbocycles. The number of rotatable bonds is 7. The van der Waals surface area contributed by atoms with Gasteiger partial charge in [-0.2, -0.15) is 10.2 Å². The Hall–Kier alpha value is -6.72. The Morgan fingerprint density at radius 1 is 0.611 bits per heavy atom. The van der Waals surface area contributed by atoms with Crippen LogP contribution in [0.25, 0.3) is 11.1 Å². The van der Waals surface area contributed by atoms with Crippen molar-refractivity contribution in [1.82, 2.24) is 0 Å². The van der Waals surface area contributed by atoms with Crippen LogP contribution in [0, 0.1) is 10.8 Å². The normalized spacial score (nSPS) is 21.4. The first-order valence-corrected chi connectivity index (χ1v) is 15.6. The third kappa shape index (κ3) is 6.04. The molecule has 2 unspecified atom stereocenters. The van der Waals surface area contributed by atoms with Gasteiger partial charge in [-0.25, -0.2) is 0 Å². The number of ether oxygens (including phenoxy) is 2. The van der Waals surface area contributed by atoms with Crippen molar-refractivity contribution in [3.8, 4) is 22.6 Å². The van der Waals surface area contributed by atoms with E-state index in [0.29, 0.717) is 0 Å². The molecule has 2 atom stereocenters. The number of hydrogen-bond acceptors (Lipinski definition) is 10. The minimum atomic E-state index is -5.40. The van der Waals surface area contributed by atoms with Crippen molar-refractivity contribution < 1.29 is 55.6 Å². The summed E-state index contributed by atoms with van der Waals surface area (Å²) in [4.78, 5) is 26.4. The highest BCUT2D eigenvalue weighted by Gasteiger charge is 2.53. The van der Waals surface area contributed by atoms with Crippen LogP contribution in [0.15, 0.2) is 95.1 Å². The molecule has 0 spiro atoms. The first kappa shape index (κ1) is 37.1. The molecule has 0 saturated heterocycles. The van der Waals surface area contributed by atoms with Gasteiger partial charge in [-0.1, -0.05) is 72.8 Å². The van der Waals surface area contributed by atoms with Gasteiger partial charge in [-0.05, 0) is 34.4 Å². The molecule has 0 aliphatic heterocycles. The monoisotopic (exact) mass is 752 g/mol. The molecular formula is C36H26F6N6O6. The Balaban J connectivity index is 1.60. The van der Waals surface area contributed by atoms with Crippen LogP contribution in [0.1, 0.15) is 46.2 Å². The number of aliphatic carboxylic acids is 2. The number of hydrazone groups is 2. The molecule has 0 saturated carbocycles. The second kappa shape index (κ2) is 13.0. The smallest absolute Gasteiger partial charge is 0.480 e. The first-order chi connectivity index (χ1) is 25.4. The lowest BCUT2D eigenvalue weighted by molar-refractivity contribution is -0.276. The van der Waals surface area contributed by atoms with Gasteiger partial charge in [0.15, 0.2) is 0 Å². The summed E-state index contributed by atoms with van der Waals surface area (Å²) in [5, 5.41) is 45.4. The Morgan fingerprint density at radius 3 is 1.28 bits per heavy atom. The number of fused-ring (bicyclic) bond motifs is 2. The zero-order valence-corrected chi connectivity index (χ0v) is 27.3. The van der Waals surface area contributed by atoms with Crippen molar-refractivity contribution in [3.05, 3.63) is 118 Å². The molecule has 0 amide bonds. The Morgan fingerprint density at radius 2 is 0.963 bits per heavy atom. The molecule has 12 nitrogen and oxygen atoms in total. The fraction of sp³-hybridized carbons (Fsp3) is 0.167. The van der Waals surface area contributed by atoms with Gasteiger partial charge in [0.25, 0.3) is 0 Å². The van der Waals surface area contributed by atoms with Crippen molar-refractivity contribution in [1.29, 1.82) is 10.8 Å². The Bertz CT molecular complexity index is 2160. The maximum atomic E-state index is 14.0. The van der Waals surface area contributed by atoms with Gasteiger partial charge in [0.05, 0.1) is 22.8 Å². The predicted octanol–water partition coefficient (Wildman–Crippen LogP) is 6.06. The van der Waals surface area contributed by atoms with Crippen molar-refractivity contribution >= 4 is 34.8 Å². The number of carboxylic acids is 2. The van der Waals surface area contributed by atoms with Gasteiger partial charge < -0.3 is 31.4 Å². The number of nitrogens with zero attached hydrogens (tertiary/aromatic N) is 2. The standard InChI is InChI=1S/C36H26F6N6O6/c37-35(38,39)53-27-13-17(9-11-23(27)33(31(49)50)15-25(47-45)29(43)19-5-1-3-7-21(19)33)18-10-12-24(28(14-18)54-36(40,41)42)34(32(51)52)16-26(48-46)30(44)20-6-2-4-8-22(20)34/h1-14,43-44H,15-16,45-46H2,(H,49,50)(H,51,52). The number of alkyl halides is 6. The van der Waals surface area contributed by atoms with Crippen LogP contribution in [-0.2, 0) is 20.4 Å². The topological polar surface area (TPSA) is 218 Å². The van der Waals surface area contributed by atoms with Crippen LogP contribution in [0.4, 0.5) is 26.3 Å². The lowest BCUT2D eigenvalue weighted by Gasteiger charge is -2.38. The van der Waals surface area contributed by atoms with E-state index in [1.807, 2.05) is 0 Å². The van der Waals surface area contributed by atoms with Gasteiger partial charge in [0, 0.05) is 35.1 Å². The van der Waals surface area contributed by atoms with Gasteiger partial charge in [-0.3, -0.25) is 20.4 Å². The summed E-state index contributed by atoms with van der Waals surface area (Å²) in [7, 11) is 0. The molecule has 0 radical (unpaired) electrons. The number of carboxylic acid groups (broad SMARTS) is 2. The minimum Gasteiger partial charge on any atom is -0.480 e. The zero-order chi connectivity index (χ0) is 39.4. The molecule has 0 heterocycles. The summed E-state index contributed by atoms with van der Waals surface area (Å²) in [6.45, 7) is 0. The zero-order valence-electron chi connectivity index (χ0n) is 27.3. The Labute approximate surface area is 300 Å². The summed E-state index contributed by atoms with van der Waals surface area (Å²) in [6, 6.07) is 17.0. The second-order valence-electron chi connectivity index (χ2n) is 12.3. The van der Waals surface area contributed by atoms with Crippen LogP contribution in [0.5, 0.6) is 11.5 Å². The first-order valence-electron chi connectivity index (χ1n) is 15.6.